The van der Waals surface area contributed by atoms with Gasteiger partial charge in [-0.05, 0) is 24.6 Å². The zero-order chi connectivity index (χ0) is 18.6. The number of nitro groups is 1. The zero-order valence-electron chi connectivity index (χ0n) is 12.9. The van der Waals surface area contributed by atoms with E-state index in [1.807, 2.05) is 6.92 Å². The minimum absolute atomic E-state index is 0.0191. The van der Waals surface area contributed by atoms with Crippen molar-refractivity contribution in [3.8, 4) is 0 Å². The first-order valence-corrected chi connectivity index (χ1v) is 7.48. The SMILES string of the molecule is CCCNc1ncnc(Nc2ccc(Cl)c(C(F)(F)F)c2)c1[N+](=O)[O-]. The number of nitrogens with zero attached hydrogens (tertiary/aromatic N) is 3. The topological polar surface area (TPSA) is 93.0 Å². The van der Waals surface area contributed by atoms with Crippen molar-refractivity contribution < 1.29 is 18.1 Å². The number of alkyl halides is 3. The van der Waals surface area contributed by atoms with Gasteiger partial charge in [-0.1, -0.05) is 18.5 Å². The van der Waals surface area contributed by atoms with E-state index < -0.39 is 27.4 Å². The quantitative estimate of drug-likeness (QED) is 0.565. The summed E-state index contributed by atoms with van der Waals surface area (Å²) in [4.78, 5) is 18.2. The molecule has 7 nitrogen and oxygen atoms in total. The number of nitrogens with one attached hydrogen (secondary N) is 2. The fourth-order valence-electron chi connectivity index (χ4n) is 1.97. The number of rotatable bonds is 6. The largest absolute Gasteiger partial charge is 0.417 e. The van der Waals surface area contributed by atoms with Crippen molar-refractivity contribution >= 4 is 34.6 Å². The van der Waals surface area contributed by atoms with Crippen LogP contribution in [0.4, 0.5) is 36.2 Å². The Hall–Kier alpha value is -2.62. The Morgan fingerprint density at radius 1 is 1.28 bits per heavy atom. The molecule has 0 amide bonds. The van der Waals surface area contributed by atoms with Crippen LogP contribution in [0.2, 0.25) is 5.02 Å². The third-order valence-electron chi connectivity index (χ3n) is 3.08. The van der Waals surface area contributed by atoms with Crippen molar-refractivity contribution in [2.24, 2.45) is 0 Å². The molecule has 0 fully saturated rings. The Kier molecular flexibility index (Phi) is 5.62. The summed E-state index contributed by atoms with van der Waals surface area (Å²) in [5.74, 6) is -0.247. The lowest BCUT2D eigenvalue weighted by molar-refractivity contribution is -0.383. The highest BCUT2D eigenvalue weighted by Crippen LogP contribution is 2.37. The number of hydrogen-bond acceptors (Lipinski definition) is 6. The van der Waals surface area contributed by atoms with E-state index >= 15 is 0 Å². The first kappa shape index (κ1) is 18.7. The molecule has 0 saturated heterocycles. The van der Waals surface area contributed by atoms with E-state index in [9.17, 15) is 23.3 Å². The van der Waals surface area contributed by atoms with Crippen LogP contribution in [-0.4, -0.2) is 21.4 Å². The van der Waals surface area contributed by atoms with Gasteiger partial charge in [-0.25, -0.2) is 9.97 Å². The molecular weight excluding hydrogens is 363 g/mol. The monoisotopic (exact) mass is 375 g/mol. The highest BCUT2D eigenvalue weighted by Gasteiger charge is 2.33. The zero-order valence-corrected chi connectivity index (χ0v) is 13.6. The fourth-order valence-corrected chi connectivity index (χ4v) is 2.20. The van der Waals surface area contributed by atoms with Crippen LogP contribution in [0.1, 0.15) is 18.9 Å². The van der Waals surface area contributed by atoms with Gasteiger partial charge in [-0.15, -0.1) is 0 Å². The van der Waals surface area contributed by atoms with Crippen LogP contribution in [0.5, 0.6) is 0 Å². The lowest BCUT2D eigenvalue weighted by Crippen LogP contribution is -2.09. The maximum Gasteiger partial charge on any atom is 0.417 e. The molecule has 25 heavy (non-hydrogen) atoms. The van der Waals surface area contributed by atoms with Crippen molar-refractivity contribution in [2.75, 3.05) is 17.2 Å². The number of hydrogen-bond donors (Lipinski definition) is 2. The predicted molar refractivity (Wildman–Crippen MR) is 87.2 cm³/mol. The first-order chi connectivity index (χ1) is 11.7. The summed E-state index contributed by atoms with van der Waals surface area (Å²) in [6.07, 6.45) is -2.87. The third kappa shape index (κ3) is 4.47. The molecule has 2 rings (SSSR count). The van der Waals surface area contributed by atoms with Crippen LogP contribution in [-0.2, 0) is 6.18 Å². The van der Waals surface area contributed by atoms with Crippen LogP contribution in [0.25, 0.3) is 0 Å². The van der Waals surface area contributed by atoms with Crippen molar-refractivity contribution in [3.05, 3.63) is 45.2 Å². The molecule has 0 aliphatic carbocycles. The average molecular weight is 376 g/mol. The predicted octanol–water partition coefficient (Wildman–Crippen LogP) is 4.62. The van der Waals surface area contributed by atoms with Crippen molar-refractivity contribution in [1.82, 2.24) is 9.97 Å². The molecule has 1 aromatic carbocycles. The normalized spacial score (nSPS) is 11.2. The van der Waals surface area contributed by atoms with E-state index in [0.29, 0.717) is 13.0 Å². The standard InChI is InChI=1S/C14H13ClF3N5O2/c1-2-5-19-12-11(23(24)25)13(21-7-20-12)22-8-3-4-10(15)9(6-8)14(16,17)18/h3-4,6-7H,2,5H2,1H3,(H2,19,20,21,22). The Morgan fingerprint density at radius 3 is 2.56 bits per heavy atom. The number of anilines is 3. The molecular formula is C14H13ClF3N5O2. The minimum Gasteiger partial charge on any atom is -0.364 e. The molecule has 0 aliphatic rings. The second kappa shape index (κ2) is 7.51. The highest BCUT2D eigenvalue weighted by atomic mass is 35.5. The van der Waals surface area contributed by atoms with Crippen LogP contribution in [0.15, 0.2) is 24.5 Å². The maximum absolute atomic E-state index is 12.9. The second-order valence-corrected chi connectivity index (χ2v) is 5.33. The van der Waals surface area contributed by atoms with Gasteiger partial charge in [0.1, 0.15) is 6.33 Å². The van der Waals surface area contributed by atoms with Crippen LogP contribution in [0, 0.1) is 10.1 Å². The molecule has 2 N–H and O–H groups in total. The van der Waals surface area contributed by atoms with E-state index in [0.717, 1.165) is 18.5 Å². The Labute approximate surface area is 145 Å². The molecule has 0 unspecified atom stereocenters. The molecule has 0 radical (unpaired) electrons. The Bertz CT molecular complexity index is 786. The molecule has 134 valence electrons. The summed E-state index contributed by atoms with van der Waals surface area (Å²) in [5.41, 5.74) is -1.56. The van der Waals surface area contributed by atoms with Crippen molar-refractivity contribution in [3.63, 3.8) is 0 Å². The van der Waals surface area contributed by atoms with Crippen molar-refractivity contribution in [2.45, 2.75) is 19.5 Å². The molecule has 2 aromatic rings. The molecule has 0 saturated carbocycles. The van der Waals surface area contributed by atoms with E-state index in [1.54, 1.807) is 0 Å². The summed E-state index contributed by atoms with van der Waals surface area (Å²) in [7, 11) is 0. The van der Waals surface area contributed by atoms with E-state index in [-0.39, 0.29) is 17.3 Å². The molecule has 11 heteroatoms. The summed E-state index contributed by atoms with van der Waals surface area (Å²) >= 11 is 5.56. The third-order valence-corrected chi connectivity index (χ3v) is 3.41. The van der Waals surface area contributed by atoms with Gasteiger partial charge in [0.2, 0.25) is 11.6 Å². The van der Waals surface area contributed by atoms with Gasteiger partial charge < -0.3 is 10.6 Å². The van der Waals surface area contributed by atoms with E-state index in [1.165, 1.54) is 6.07 Å². The summed E-state index contributed by atoms with van der Waals surface area (Å²) < 4.78 is 38.8. The summed E-state index contributed by atoms with van der Waals surface area (Å²) in [5, 5.41) is 16.1. The second-order valence-electron chi connectivity index (χ2n) is 4.92. The number of aromatic nitrogens is 2. The molecule has 0 spiro atoms. The summed E-state index contributed by atoms with van der Waals surface area (Å²) in [6.45, 7) is 2.31. The van der Waals surface area contributed by atoms with Gasteiger partial charge in [0.05, 0.1) is 15.5 Å². The van der Waals surface area contributed by atoms with E-state index in [2.05, 4.69) is 20.6 Å². The maximum atomic E-state index is 12.9. The van der Waals surface area contributed by atoms with Gasteiger partial charge in [-0.3, -0.25) is 10.1 Å². The Balaban J connectivity index is 2.42. The Morgan fingerprint density at radius 2 is 1.96 bits per heavy atom. The van der Waals surface area contributed by atoms with Gasteiger partial charge >= 0.3 is 11.9 Å². The number of benzene rings is 1. The molecule has 0 aliphatic heterocycles. The first-order valence-electron chi connectivity index (χ1n) is 7.11. The van der Waals surface area contributed by atoms with Gasteiger partial charge in [0, 0.05) is 12.2 Å². The molecule has 0 bridgehead atoms. The van der Waals surface area contributed by atoms with Gasteiger partial charge in [0.15, 0.2) is 0 Å². The van der Waals surface area contributed by atoms with Crippen LogP contribution >= 0.6 is 11.6 Å². The van der Waals surface area contributed by atoms with Crippen LogP contribution < -0.4 is 10.6 Å². The lowest BCUT2D eigenvalue weighted by atomic mass is 10.2. The smallest absolute Gasteiger partial charge is 0.364 e. The summed E-state index contributed by atoms with van der Waals surface area (Å²) in [6, 6.07) is 3.08. The van der Waals surface area contributed by atoms with Gasteiger partial charge in [-0.2, -0.15) is 13.2 Å². The minimum atomic E-state index is -4.65. The lowest BCUT2D eigenvalue weighted by Gasteiger charge is -2.13. The average Bonchev–Trinajstić information content (AvgIpc) is 2.53. The van der Waals surface area contributed by atoms with Gasteiger partial charge in [0.25, 0.3) is 0 Å². The fraction of sp³-hybridized carbons (Fsp3) is 0.286. The van der Waals surface area contributed by atoms with Crippen molar-refractivity contribution in [1.29, 1.82) is 0 Å². The molecule has 0 atom stereocenters. The highest BCUT2D eigenvalue weighted by molar-refractivity contribution is 6.31. The molecule has 1 aromatic heterocycles. The van der Waals surface area contributed by atoms with Crippen LogP contribution in [0.3, 0.4) is 0 Å². The van der Waals surface area contributed by atoms with E-state index in [4.69, 9.17) is 11.6 Å². The number of halogens is 4. The molecule has 1 heterocycles.